The van der Waals surface area contributed by atoms with Crippen molar-refractivity contribution in [3.05, 3.63) is 29.7 Å². The van der Waals surface area contributed by atoms with Crippen molar-refractivity contribution in [1.29, 1.82) is 0 Å². The van der Waals surface area contributed by atoms with E-state index in [2.05, 4.69) is 29.4 Å². The van der Waals surface area contributed by atoms with Gasteiger partial charge in [-0.1, -0.05) is 13.8 Å². The summed E-state index contributed by atoms with van der Waals surface area (Å²) in [5, 5.41) is 11.6. The number of urea groups is 1. The van der Waals surface area contributed by atoms with Crippen molar-refractivity contribution in [2.75, 3.05) is 27.2 Å². The lowest BCUT2D eigenvalue weighted by Gasteiger charge is -2.21. The van der Waals surface area contributed by atoms with Gasteiger partial charge >= 0.3 is 6.03 Å². The van der Waals surface area contributed by atoms with E-state index in [1.807, 2.05) is 15.4 Å². The van der Waals surface area contributed by atoms with E-state index in [1.54, 1.807) is 31.3 Å². The minimum absolute atomic E-state index is 0.0107. The molecule has 3 heterocycles. The smallest absolute Gasteiger partial charge is 0.319 e. The van der Waals surface area contributed by atoms with E-state index in [-0.39, 0.29) is 23.9 Å². The number of hydrogen-bond donors (Lipinski definition) is 1. The van der Waals surface area contributed by atoms with Gasteiger partial charge in [-0.25, -0.2) is 4.79 Å². The Morgan fingerprint density at radius 3 is 2.67 bits per heavy atom. The molecular weight excluding hydrogens is 344 g/mol. The molecule has 0 bridgehead atoms. The molecule has 8 heteroatoms. The first-order valence-electron chi connectivity index (χ1n) is 9.56. The topological polar surface area (TPSA) is 82.8 Å². The van der Waals surface area contributed by atoms with Crippen LogP contribution in [0.2, 0.25) is 0 Å². The minimum atomic E-state index is -0.0823. The Balaban J connectivity index is 1.82. The normalized spacial score (nSPS) is 16.9. The largest absolute Gasteiger partial charge is 0.349 e. The number of carbonyl (C=O) groups is 2. The molecule has 1 aliphatic heterocycles. The van der Waals surface area contributed by atoms with Crippen LogP contribution in [0.25, 0.3) is 5.65 Å². The number of hydrogen-bond acceptors (Lipinski definition) is 4. The molecule has 2 aromatic heterocycles. The molecule has 27 heavy (non-hydrogen) atoms. The molecule has 0 spiro atoms. The maximum Gasteiger partial charge on any atom is 0.319 e. The quantitative estimate of drug-likeness (QED) is 0.871. The zero-order valence-electron chi connectivity index (χ0n) is 16.5. The highest BCUT2D eigenvalue weighted by Gasteiger charge is 2.31. The van der Waals surface area contributed by atoms with Gasteiger partial charge in [0.05, 0.1) is 5.56 Å². The number of amides is 3. The molecule has 1 fully saturated rings. The summed E-state index contributed by atoms with van der Waals surface area (Å²) in [7, 11) is 3.51. The maximum absolute atomic E-state index is 12.6. The van der Waals surface area contributed by atoms with Crippen LogP contribution >= 0.6 is 0 Å². The Labute approximate surface area is 159 Å². The molecule has 0 radical (unpaired) electrons. The van der Waals surface area contributed by atoms with E-state index in [9.17, 15) is 9.59 Å². The molecule has 3 amide bonds. The first-order valence-corrected chi connectivity index (χ1v) is 9.56. The summed E-state index contributed by atoms with van der Waals surface area (Å²) in [4.78, 5) is 28.2. The number of likely N-dealkylation sites (tertiary alicyclic amines) is 1. The average Bonchev–Trinajstić information content (AvgIpc) is 3.31. The molecule has 1 aliphatic rings. The van der Waals surface area contributed by atoms with Crippen molar-refractivity contribution < 1.29 is 9.59 Å². The predicted molar refractivity (Wildman–Crippen MR) is 103 cm³/mol. The van der Waals surface area contributed by atoms with Gasteiger partial charge in [0, 0.05) is 45.3 Å². The second-order valence-electron chi connectivity index (χ2n) is 7.30. The fourth-order valence-corrected chi connectivity index (χ4v) is 3.51. The van der Waals surface area contributed by atoms with Gasteiger partial charge in [-0.3, -0.25) is 9.20 Å². The molecule has 2 aromatic rings. The number of nitrogens with zero attached hydrogens (tertiary/aromatic N) is 5. The van der Waals surface area contributed by atoms with Gasteiger partial charge < -0.3 is 15.1 Å². The van der Waals surface area contributed by atoms with Crippen molar-refractivity contribution in [3.63, 3.8) is 0 Å². The second-order valence-corrected chi connectivity index (χ2v) is 7.30. The Hall–Kier alpha value is -2.64. The summed E-state index contributed by atoms with van der Waals surface area (Å²) in [6.45, 7) is 5.44. The number of carbonyl (C=O) groups excluding carboxylic acids is 2. The molecule has 146 valence electrons. The highest BCUT2D eigenvalue weighted by atomic mass is 16.2. The molecule has 8 nitrogen and oxygen atoms in total. The van der Waals surface area contributed by atoms with Crippen LogP contribution in [-0.2, 0) is 0 Å². The van der Waals surface area contributed by atoms with Gasteiger partial charge in [-0.05, 0) is 31.4 Å². The third kappa shape index (κ3) is 3.89. The zero-order chi connectivity index (χ0) is 19.6. The van der Waals surface area contributed by atoms with E-state index >= 15 is 0 Å². The van der Waals surface area contributed by atoms with Crippen LogP contribution in [0.5, 0.6) is 0 Å². The van der Waals surface area contributed by atoms with Crippen LogP contribution in [0.3, 0.4) is 0 Å². The average molecular weight is 372 g/mol. The van der Waals surface area contributed by atoms with Crippen molar-refractivity contribution in [3.8, 4) is 0 Å². The lowest BCUT2D eigenvalue weighted by atomic mass is 10.1. The van der Waals surface area contributed by atoms with Gasteiger partial charge in [0.2, 0.25) is 0 Å². The standard InChI is InChI=1S/C19H28N6O2/c1-5-15(6-2)20-18(26)14-7-8-16-21-22-17(25(16)12-14)13-9-10-24(11-13)19(27)23(3)4/h7-8,12-13,15H,5-6,9-11H2,1-4H3,(H,20,26). The van der Waals surface area contributed by atoms with Crippen LogP contribution in [0.4, 0.5) is 4.79 Å². The summed E-state index contributed by atoms with van der Waals surface area (Å²) in [5.74, 6) is 0.832. The minimum Gasteiger partial charge on any atom is -0.349 e. The molecule has 1 atom stereocenters. The number of pyridine rings is 1. The Morgan fingerprint density at radius 2 is 2.00 bits per heavy atom. The molecule has 3 rings (SSSR count). The van der Waals surface area contributed by atoms with Crippen molar-refractivity contribution in [1.82, 2.24) is 29.7 Å². The van der Waals surface area contributed by atoms with Gasteiger partial charge in [0.1, 0.15) is 5.82 Å². The molecule has 0 saturated carbocycles. The first-order chi connectivity index (χ1) is 12.9. The maximum atomic E-state index is 12.6. The van der Waals surface area contributed by atoms with E-state index < -0.39 is 0 Å². The van der Waals surface area contributed by atoms with E-state index in [4.69, 9.17) is 0 Å². The second kappa shape index (κ2) is 7.94. The molecule has 1 saturated heterocycles. The lowest BCUT2D eigenvalue weighted by molar-refractivity contribution is 0.0934. The lowest BCUT2D eigenvalue weighted by Crippen LogP contribution is -2.37. The third-order valence-electron chi connectivity index (χ3n) is 5.22. The van der Waals surface area contributed by atoms with Gasteiger partial charge in [-0.2, -0.15) is 0 Å². The van der Waals surface area contributed by atoms with Gasteiger partial charge in [0.15, 0.2) is 5.65 Å². The van der Waals surface area contributed by atoms with Crippen LogP contribution in [-0.4, -0.2) is 69.6 Å². The summed E-state index contributed by atoms with van der Waals surface area (Å²) < 4.78 is 1.89. The number of fused-ring (bicyclic) bond motifs is 1. The monoisotopic (exact) mass is 372 g/mol. The van der Waals surface area contributed by atoms with E-state index in [0.29, 0.717) is 24.3 Å². The van der Waals surface area contributed by atoms with Crippen molar-refractivity contribution in [2.24, 2.45) is 0 Å². The van der Waals surface area contributed by atoms with Crippen LogP contribution < -0.4 is 5.32 Å². The summed E-state index contributed by atoms with van der Waals surface area (Å²) in [6, 6.07) is 3.78. The number of rotatable bonds is 5. The number of aromatic nitrogens is 3. The van der Waals surface area contributed by atoms with Crippen LogP contribution in [0, 0.1) is 0 Å². The zero-order valence-corrected chi connectivity index (χ0v) is 16.5. The Kier molecular flexibility index (Phi) is 5.62. The molecule has 0 aliphatic carbocycles. The highest BCUT2D eigenvalue weighted by molar-refractivity contribution is 5.94. The first kappa shape index (κ1) is 19.1. The summed E-state index contributed by atoms with van der Waals surface area (Å²) >= 11 is 0. The molecule has 0 aromatic carbocycles. The Morgan fingerprint density at radius 1 is 1.26 bits per heavy atom. The SMILES string of the molecule is CCC(CC)NC(=O)c1ccc2nnc(C3CCN(C(=O)N(C)C)C3)n2c1. The van der Waals surface area contributed by atoms with Crippen LogP contribution in [0.15, 0.2) is 18.3 Å². The fraction of sp³-hybridized carbons (Fsp3) is 0.579. The Bertz CT molecular complexity index is 827. The highest BCUT2D eigenvalue weighted by Crippen LogP contribution is 2.27. The van der Waals surface area contributed by atoms with Gasteiger partial charge in [-0.15, -0.1) is 10.2 Å². The molecule has 1 unspecified atom stereocenters. The molecular formula is C19H28N6O2. The summed E-state index contributed by atoms with van der Waals surface area (Å²) in [5.41, 5.74) is 1.30. The van der Waals surface area contributed by atoms with E-state index in [0.717, 1.165) is 25.1 Å². The van der Waals surface area contributed by atoms with Crippen molar-refractivity contribution in [2.45, 2.75) is 45.1 Å². The van der Waals surface area contributed by atoms with Crippen molar-refractivity contribution >= 4 is 17.6 Å². The van der Waals surface area contributed by atoms with E-state index in [1.165, 1.54) is 0 Å². The summed E-state index contributed by atoms with van der Waals surface area (Å²) in [6.07, 6.45) is 4.45. The molecule has 1 N–H and O–H groups in total. The predicted octanol–water partition coefficient (Wildman–Crippen LogP) is 2.12. The van der Waals surface area contributed by atoms with Gasteiger partial charge in [0.25, 0.3) is 5.91 Å². The third-order valence-corrected chi connectivity index (χ3v) is 5.22. The van der Waals surface area contributed by atoms with Crippen LogP contribution in [0.1, 0.15) is 55.2 Å². The fourth-order valence-electron chi connectivity index (χ4n) is 3.51. The number of nitrogens with one attached hydrogen (secondary N) is 1.